The zero-order valence-electron chi connectivity index (χ0n) is 11.9. The van der Waals surface area contributed by atoms with Crippen molar-refractivity contribution in [2.24, 2.45) is 0 Å². The molecule has 0 aromatic heterocycles. The van der Waals surface area contributed by atoms with Crippen molar-refractivity contribution >= 4 is 17.7 Å². The van der Waals surface area contributed by atoms with Gasteiger partial charge in [-0.05, 0) is 38.3 Å². The monoisotopic (exact) mass is 276 g/mol. The summed E-state index contributed by atoms with van der Waals surface area (Å²) in [6, 6.07) is 5.16. The lowest BCUT2D eigenvalue weighted by Crippen LogP contribution is -2.39. The Bertz CT molecular complexity index is 508. The first-order valence-electron chi connectivity index (χ1n) is 6.86. The molecular formula is C15H20N2O3. The summed E-state index contributed by atoms with van der Waals surface area (Å²) in [5, 5.41) is 2.81. The Labute approximate surface area is 118 Å². The fourth-order valence-corrected chi connectivity index (χ4v) is 2.34. The number of anilines is 1. The van der Waals surface area contributed by atoms with Crippen LogP contribution in [0, 0.1) is 6.92 Å². The molecular weight excluding hydrogens is 256 g/mol. The molecule has 0 aliphatic carbocycles. The molecule has 0 saturated carbocycles. The van der Waals surface area contributed by atoms with Crippen molar-refractivity contribution in [2.75, 3.05) is 25.5 Å². The van der Waals surface area contributed by atoms with Crippen LogP contribution >= 0.6 is 0 Å². The number of methoxy groups -OCH3 is 1. The zero-order chi connectivity index (χ0) is 14.5. The highest BCUT2D eigenvalue weighted by atomic mass is 16.5. The molecule has 1 saturated heterocycles. The molecule has 2 rings (SSSR count). The van der Waals surface area contributed by atoms with Crippen molar-refractivity contribution in [3.05, 3.63) is 29.3 Å². The third-order valence-electron chi connectivity index (χ3n) is 3.47. The van der Waals surface area contributed by atoms with E-state index in [1.807, 2.05) is 13.0 Å². The van der Waals surface area contributed by atoms with Crippen LogP contribution in [0.1, 0.15) is 35.2 Å². The third-order valence-corrected chi connectivity index (χ3v) is 3.47. The van der Waals surface area contributed by atoms with Crippen molar-refractivity contribution in [3.8, 4) is 0 Å². The largest absolute Gasteiger partial charge is 0.465 e. The van der Waals surface area contributed by atoms with E-state index < -0.39 is 5.97 Å². The van der Waals surface area contributed by atoms with Crippen molar-refractivity contribution in [1.82, 2.24) is 4.90 Å². The fourth-order valence-electron chi connectivity index (χ4n) is 2.34. The maximum atomic E-state index is 12.2. The van der Waals surface area contributed by atoms with Crippen molar-refractivity contribution < 1.29 is 14.3 Å². The maximum Gasteiger partial charge on any atom is 0.339 e. The van der Waals surface area contributed by atoms with Gasteiger partial charge in [-0.15, -0.1) is 0 Å². The van der Waals surface area contributed by atoms with Gasteiger partial charge in [-0.3, -0.25) is 0 Å². The molecule has 108 valence electrons. The lowest BCUT2D eigenvalue weighted by molar-refractivity contribution is 0.0602. The van der Waals surface area contributed by atoms with Gasteiger partial charge < -0.3 is 15.0 Å². The smallest absolute Gasteiger partial charge is 0.339 e. The Morgan fingerprint density at radius 2 is 1.90 bits per heavy atom. The number of nitrogens with one attached hydrogen (secondary N) is 1. The number of rotatable bonds is 2. The van der Waals surface area contributed by atoms with Gasteiger partial charge in [0.2, 0.25) is 0 Å². The van der Waals surface area contributed by atoms with Gasteiger partial charge in [0.25, 0.3) is 0 Å². The third kappa shape index (κ3) is 3.29. The van der Waals surface area contributed by atoms with E-state index >= 15 is 0 Å². The number of urea groups is 1. The van der Waals surface area contributed by atoms with Crippen LogP contribution in [0.15, 0.2) is 18.2 Å². The molecule has 1 aliphatic heterocycles. The van der Waals surface area contributed by atoms with Crippen molar-refractivity contribution in [3.63, 3.8) is 0 Å². The minimum absolute atomic E-state index is 0.154. The second kappa shape index (κ2) is 6.41. The van der Waals surface area contributed by atoms with Crippen LogP contribution in [0.2, 0.25) is 0 Å². The minimum Gasteiger partial charge on any atom is -0.465 e. The van der Waals surface area contributed by atoms with Crippen LogP contribution < -0.4 is 5.32 Å². The number of ether oxygens (including phenoxy) is 1. The average Bonchev–Trinajstić information content (AvgIpc) is 2.49. The lowest BCUT2D eigenvalue weighted by atomic mass is 10.1. The molecule has 0 bridgehead atoms. The maximum absolute atomic E-state index is 12.2. The summed E-state index contributed by atoms with van der Waals surface area (Å²) < 4.78 is 4.76. The molecule has 5 nitrogen and oxygen atoms in total. The van der Waals surface area contributed by atoms with Gasteiger partial charge >= 0.3 is 12.0 Å². The molecule has 1 N–H and O–H groups in total. The Balaban J connectivity index is 2.15. The summed E-state index contributed by atoms with van der Waals surface area (Å²) in [6.07, 6.45) is 3.23. The highest BCUT2D eigenvalue weighted by Gasteiger charge is 2.19. The van der Waals surface area contributed by atoms with E-state index in [1.54, 1.807) is 17.0 Å². The molecule has 1 aromatic carbocycles. The highest BCUT2D eigenvalue weighted by molar-refractivity contribution is 6.01. The number of amides is 2. The van der Waals surface area contributed by atoms with Gasteiger partial charge in [-0.2, -0.15) is 0 Å². The summed E-state index contributed by atoms with van der Waals surface area (Å²) in [7, 11) is 1.33. The number of hydrogen-bond acceptors (Lipinski definition) is 3. The number of benzene rings is 1. The number of esters is 1. The molecule has 1 aliphatic rings. The molecule has 0 unspecified atom stereocenters. The Morgan fingerprint density at radius 1 is 1.20 bits per heavy atom. The SMILES string of the molecule is COC(=O)c1cc(C)ccc1NC(=O)N1CCCCC1. The standard InChI is InChI=1S/C15H20N2O3/c1-11-6-7-13(12(10-11)14(18)20-2)16-15(19)17-8-4-3-5-9-17/h6-7,10H,3-5,8-9H2,1-2H3,(H,16,19). The van der Waals surface area contributed by atoms with Crippen LogP contribution in [-0.4, -0.2) is 37.1 Å². The summed E-state index contributed by atoms with van der Waals surface area (Å²) in [5.41, 5.74) is 1.83. The van der Waals surface area contributed by atoms with Gasteiger partial charge in [-0.25, -0.2) is 9.59 Å². The highest BCUT2D eigenvalue weighted by Crippen LogP contribution is 2.20. The quantitative estimate of drug-likeness (QED) is 0.845. The van der Waals surface area contributed by atoms with Crippen LogP contribution in [0.5, 0.6) is 0 Å². The number of likely N-dealkylation sites (tertiary alicyclic amines) is 1. The second-order valence-corrected chi connectivity index (χ2v) is 5.02. The molecule has 1 heterocycles. The topological polar surface area (TPSA) is 58.6 Å². The Kier molecular flexibility index (Phi) is 4.61. The van der Waals surface area contributed by atoms with Gasteiger partial charge in [0.15, 0.2) is 0 Å². The van der Waals surface area contributed by atoms with Crippen LogP contribution in [-0.2, 0) is 4.74 Å². The molecule has 1 fully saturated rings. The minimum atomic E-state index is -0.442. The van der Waals surface area contributed by atoms with E-state index in [4.69, 9.17) is 4.74 Å². The summed E-state index contributed by atoms with van der Waals surface area (Å²) in [5.74, 6) is -0.442. The molecule has 0 radical (unpaired) electrons. The van der Waals surface area contributed by atoms with Crippen LogP contribution in [0.3, 0.4) is 0 Å². The van der Waals surface area contributed by atoms with E-state index in [1.165, 1.54) is 13.5 Å². The predicted octanol–water partition coefficient (Wildman–Crippen LogP) is 2.80. The number of carbonyl (C=O) groups is 2. The second-order valence-electron chi connectivity index (χ2n) is 5.02. The Morgan fingerprint density at radius 3 is 2.55 bits per heavy atom. The van der Waals surface area contributed by atoms with E-state index in [0.717, 1.165) is 31.5 Å². The van der Waals surface area contributed by atoms with Gasteiger partial charge in [0.1, 0.15) is 0 Å². The van der Waals surface area contributed by atoms with Crippen molar-refractivity contribution in [1.29, 1.82) is 0 Å². The van der Waals surface area contributed by atoms with Crippen LogP contribution in [0.4, 0.5) is 10.5 Å². The number of piperidine rings is 1. The van der Waals surface area contributed by atoms with Crippen LogP contribution in [0.25, 0.3) is 0 Å². The first kappa shape index (κ1) is 14.4. The zero-order valence-corrected chi connectivity index (χ0v) is 11.9. The normalized spacial score (nSPS) is 14.8. The molecule has 1 aromatic rings. The summed E-state index contributed by atoms with van der Waals surface area (Å²) in [4.78, 5) is 25.7. The molecule has 5 heteroatoms. The first-order valence-corrected chi connectivity index (χ1v) is 6.86. The van der Waals surface area contributed by atoms with E-state index in [-0.39, 0.29) is 6.03 Å². The van der Waals surface area contributed by atoms with E-state index in [0.29, 0.717) is 11.3 Å². The Hall–Kier alpha value is -2.04. The fraction of sp³-hybridized carbons (Fsp3) is 0.467. The van der Waals surface area contributed by atoms with Gasteiger partial charge in [-0.1, -0.05) is 11.6 Å². The average molecular weight is 276 g/mol. The number of nitrogens with zero attached hydrogens (tertiary/aromatic N) is 1. The summed E-state index contributed by atoms with van der Waals surface area (Å²) in [6.45, 7) is 3.43. The van der Waals surface area contributed by atoms with Gasteiger partial charge in [0, 0.05) is 13.1 Å². The molecule has 0 spiro atoms. The van der Waals surface area contributed by atoms with E-state index in [9.17, 15) is 9.59 Å². The number of carbonyl (C=O) groups excluding carboxylic acids is 2. The lowest BCUT2D eigenvalue weighted by Gasteiger charge is -2.27. The predicted molar refractivity (Wildman–Crippen MR) is 77.0 cm³/mol. The molecule has 0 atom stereocenters. The number of hydrogen-bond donors (Lipinski definition) is 1. The van der Waals surface area contributed by atoms with Crippen molar-refractivity contribution in [2.45, 2.75) is 26.2 Å². The molecule has 2 amide bonds. The van der Waals surface area contributed by atoms with Gasteiger partial charge in [0.05, 0.1) is 18.4 Å². The first-order chi connectivity index (χ1) is 9.61. The van der Waals surface area contributed by atoms with E-state index in [2.05, 4.69) is 5.32 Å². The number of aryl methyl sites for hydroxylation is 1. The summed E-state index contributed by atoms with van der Waals surface area (Å²) >= 11 is 0. The molecule has 20 heavy (non-hydrogen) atoms.